The van der Waals surface area contributed by atoms with Crippen LogP contribution in [0.25, 0.3) is 0 Å². The summed E-state index contributed by atoms with van der Waals surface area (Å²) in [6.45, 7) is 3.35. The van der Waals surface area contributed by atoms with Crippen LogP contribution in [-0.4, -0.2) is 53.9 Å². The number of rotatable bonds is 5. The molecule has 0 aromatic rings. The summed E-state index contributed by atoms with van der Waals surface area (Å²) in [5, 5.41) is 15.7. The van der Waals surface area contributed by atoms with Crippen molar-refractivity contribution in [2.75, 3.05) is 26.2 Å². The van der Waals surface area contributed by atoms with Gasteiger partial charge in [0.25, 0.3) is 0 Å². The number of aliphatic hydroxyl groups is 1. The third kappa shape index (κ3) is 3.93. The predicted octanol–water partition coefficient (Wildman–Crippen LogP) is 1.86. The summed E-state index contributed by atoms with van der Waals surface area (Å²) >= 11 is 0. The summed E-state index contributed by atoms with van der Waals surface area (Å²) in [7, 11) is 0. The second-order valence-corrected chi connectivity index (χ2v) is 7.64. The van der Waals surface area contributed by atoms with Crippen molar-refractivity contribution in [1.29, 1.82) is 0 Å². The highest BCUT2D eigenvalue weighted by molar-refractivity contribution is 5.75. The van der Waals surface area contributed by atoms with Crippen LogP contribution in [0.1, 0.15) is 57.8 Å². The zero-order chi connectivity index (χ0) is 15.4. The molecule has 1 saturated heterocycles. The minimum Gasteiger partial charge on any atom is -0.394 e. The minimum atomic E-state index is -0.369. The summed E-state index contributed by atoms with van der Waals surface area (Å²) in [5.41, 5.74) is -0.369. The van der Waals surface area contributed by atoms with Gasteiger partial charge in [-0.25, -0.2) is 4.79 Å². The molecule has 3 N–H and O–H groups in total. The van der Waals surface area contributed by atoms with Crippen molar-refractivity contribution in [3.63, 3.8) is 0 Å². The fourth-order valence-corrected chi connectivity index (χ4v) is 4.51. The number of nitrogens with one attached hydrogen (secondary N) is 2. The molecule has 126 valence electrons. The molecule has 1 atom stereocenters. The van der Waals surface area contributed by atoms with Crippen LogP contribution in [0.4, 0.5) is 4.79 Å². The topological polar surface area (TPSA) is 64.6 Å². The first-order valence-electron chi connectivity index (χ1n) is 9.11. The number of hydrogen-bond donors (Lipinski definition) is 3. The lowest BCUT2D eigenvalue weighted by atomic mass is 9.99. The Bertz CT molecular complexity index is 376. The predicted molar refractivity (Wildman–Crippen MR) is 86.8 cm³/mol. The van der Waals surface area contributed by atoms with Gasteiger partial charge in [0, 0.05) is 25.7 Å². The van der Waals surface area contributed by atoms with Crippen LogP contribution in [0.3, 0.4) is 0 Å². The summed E-state index contributed by atoms with van der Waals surface area (Å²) in [4.78, 5) is 14.7. The molecule has 2 saturated carbocycles. The number of nitrogens with zero attached hydrogens (tertiary/aromatic N) is 1. The van der Waals surface area contributed by atoms with Gasteiger partial charge in [0.15, 0.2) is 0 Å². The quantitative estimate of drug-likeness (QED) is 0.726. The Balaban J connectivity index is 1.40. The maximum absolute atomic E-state index is 12.2. The molecule has 3 rings (SSSR count). The van der Waals surface area contributed by atoms with Crippen molar-refractivity contribution >= 4 is 6.03 Å². The molecule has 0 radical (unpaired) electrons. The number of hydrogen-bond acceptors (Lipinski definition) is 3. The fourth-order valence-electron chi connectivity index (χ4n) is 4.51. The maximum atomic E-state index is 12.2. The number of amides is 2. The highest BCUT2D eigenvalue weighted by Crippen LogP contribution is 2.29. The zero-order valence-electron chi connectivity index (χ0n) is 13.6. The second kappa shape index (κ2) is 7.18. The molecule has 22 heavy (non-hydrogen) atoms. The van der Waals surface area contributed by atoms with Crippen molar-refractivity contribution in [2.45, 2.75) is 69.4 Å². The Morgan fingerprint density at radius 2 is 1.86 bits per heavy atom. The number of aliphatic hydroxyl groups excluding tert-OH is 1. The van der Waals surface area contributed by atoms with Crippen LogP contribution in [0, 0.1) is 5.92 Å². The molecule has 0 spiro atoms. The SMILES string of the molecule is O=C(NC1CCN(CC2CCCC2)C1)NC1(CO)CCCC1. The van der Waals surface area contributed by atoms with Gasteiger partial charge in [-0.3, -0.25) is 0 Å². The zero-order valence-corrected chi connectivity index (χ0v) is 13.6. The van der Waals surface area contributed by atoms with Gasteiger partial charge in [-0.05, 0) is 38.0 Å². The molecule has 0 bridgehead atoms. The van der Waals surface area contributed by atoms with Crippen LogP contribution in [0.15, 0.2) is 0 Å². The van der Waals surface area contributed by atoms with Gasteiger partial charge >= 0.3 is 6.03 Å². The normalized spacial score (nSPS) is 29.0. The maximum Gasteiger partial charge on any atom is 0.315 e. The van der Waals surface area contributed by atoms with Crippen LogP contribution in [0.5, 0.6) is 0 Å². The molecule has 1 aliphatic heterocycles. The molecular weight excluding hydrogens is 278 g/mol. The number of carbonyl (C=O) groups excluding carboxylic acids is 1. The van der Waals surface area contributed by atoms with Crippen LogP contribution in [-0.2, 0) is 0 Å². The highest BCUT2D eigenvalue weighted by Gasteiger charge is 2.35. The first kappa shape index (κ1) is 16.1. The molecule has 3 fully saturated rings. The molecule has 5 heteroatoms. The van der Waals surface area contributed by atoms with Crippen molar-refractivity contribution in [2.24, 2.45) is 5.92 Å². The van der Waals surface area contributed by atoms with Gasteiger partial charge in [-0.2, -0.15) is 0 Å². The Morgan fingerprint density at radius 3 is 2.55 bits per heavy atom. The van der Waals surface area contributed by atoms with Crippen molar-refractivity contribution in [3.8, 4) is 0 Å². The fraction of sp³-hybridized carbons (Fsp3) is 0.941. The third-order valence-electron chi connectivity index (χ3n) is 5.84. The summed E-state index contributed by atoms with van der Waals surface area (Å²) in [6, 6.07) is 0.169. The average molecular weight is 309 g/mol. The lowest BCUT2D eigenvalue weighted by molar-refractivity contribution is 0.161. The second-order valence-electron chi connectivity index (χ2n) is 7.64. The van der Waals surface area contributed by atoms with E-state index in [2.05, 4.69) is 15.5 Å². The Labute approximate surface area is 133 Å². The minimum absolute atomic E-state index is 0.0545. The molecule has 0 aromatic carbocycles. The largest absolute Gasteiger partial charge is 0.394 e. The van der Waals surface area contributed by atoms with E-state index in [9.17, 15) is 9.90 Å². The standard InChI is InChI=1S/C17H31N3O2/c21-13-17(8-3-4-9-17)19-16(22)18-15-7-10-20(12-15)11-14-5-1-2-6-14/h14-15,21H,1-13H2,(H2,18,19,22). The van der Waals surface area contributed by atoms with Crippen LogP contribution < -0.4 is 10.6 Å². The average Bonchev–Trinajstić information content (AvgIpc) is 3.22. The molecule has 3 aliphatic rings. The first-order chi connectivity index (χ1) is 10.7. The van der Waals surface area contributed by atoms with Crippen LogP contribution in [0.2, 0.25) is 0 Å². The van der Waals surface area contributed by atoms with Gasteiger partial charge < -0.3 is 20.6 Å². The van der Waals surface area contributed by atoms with Gasteiger partial charge in [-0.15, -0.1) is 0 Å². The molecule has 1 heterocycles. The molecule has 2 amide bonds. The van der Waals surface area contributed by atoms with Gasteiger partial charge in [0.05, 0.1) is 12.1 Å². The summed E-state index contributed by atoms with van der Waals surface area (Å²) < 4.78 is 0. The van der Waals surface area contributed by atoms with E-state index in [-0.39, 0.29) is 24.2 Å². The first-order valence-corrected chi connectivity index (χ1v) is 9.11. The number of likely N-dealkylation sites (tertiary alicyclic amines) is 1. The third-order valence-corrected chi connectivity index (χ3v) is 5.84. The Morgan fingerprint density at radius 1 is 1.14 bits per heavy atom. The molecular formula is C17H31N3O2. The van der Waals surface area contributed by atoms with Crippen LogP contribution >= 0.6 is 0 Å². The number of carbonyl (C=O) groups is 1. The lowest BCUT2D eigenvalue weighted by Gasteiger charge is -2.29. The van der Waals surface area contributed by atoms with Crippen molar-refractivity contribution < 1.29 is 9.90 Å². The smallest absolute Gasteiger partial charge is 0.315 e. The monoisotopic (exact) mass is 309 g/mol. The molecule has 2 aliphatic carbocycles. The number of urea groups is 1. The summed E-state index contributed by atoms with van der Waals surface area (Å²) in [6.07, 6.45) is 10.6. The van der Waals surface area contributed by atoms with E-state index in [1.54, 1.807) is 0 Å². The molecule has 1 unspecified atom stereocenters. The Hall–Kier alpha value is -0.810. The highest BCUT2D eigenvalue weighted by atomic mass is 16.3. The molecule has 5 nitrogen and oxygen atoms in total. The van der Waals surface area contributed by atoms with E-state index in [0.29, 0.717) is 0 Å². The lowest BCUT2D eigenvalue weighted by Crippen LogP contribution is -2.55. The Kier molecular flexibility index (Phi) is 5.24. The van der Waals surface area contributed by atoms with E-state index >= 15 is 0 Å². The van der Waals surface area contributed by atoms with Gasteiger partial charge in [0.2, 0.25) is 0 Å². The van der Waals surface area contributed by atoms with E-state index < -0.39 is 0 Å². The van der Waals surface area contributed by atoms with E-state index in [0.717, 1.165) is 51.1 Å². The van der Waals surface area contributed by atoms with Gasteiger partial charge in [0.1, 0.15) is 0 Å². The van der Waals surface area contributed by atoms with E-state index in [1.807, 2.05) is 0 Å². The van der Waals surface area contributed by atoms with E-state index in [1.165, 1.54) is 32.2 Å². The molecule has 0 aromatic heterocycles. The van der Waals surface area contributed by atoms with Crippen molar-refractivity contribution in [1.82, 2.24) is 15.5 Å². The van der Waals surface area contributed by atoms with E-state index in [4.69, 9.17) is 0 Å². The van der Waals surface area contributed by atoms with Crippen molar-refractivity contribution in [3.05, 3.63) is 0 Å². The van der Waals surface area contributed by atoms with Gasteiger partial charge in [-0.1, -0.05) is 25.7 Å². The summed E-state index contributed by atoms with van der Waals surface area (Å²) in [5.74, 6) is 0.878.